The molecular weight excluding hydrogens is 280 g/mol. The van der Waals surface area contributed by atoms with Gasteiger partial charge in [0.25, 0.3) is 0 Å². The minimum absolute atomic E-state index is 0.173. The van der Waals surface area contributed by atoms with Crippen molar-refractivity contribution in [1.82, 2.24) is 19.9 Å². The van der Waals surface area contributed by atoms with Gasteiger partial charge in [-0.15, -0.1) is 0 Å². The fourth-order valence-electron chi connectivity index (χ4n) is 3.19. The average Bonchev–Trinajstić information content (AvgIpc) is 2.89. The summed E-state index contributed by atoms with van der Waals surface area (Å²) in [6, 6.07) is 2.37. The molecule has 2 aromatic rings. The summed E-state index contributed by atoms with van der Waals surface area (Å²) in [5.74, 6) is 1.45. The van der Waals surface area contributed by atoms with Crippen LogP contribution in [-0.2, 0) is 4.74 Å². The second kappa shape index (κ2) is 5.33. The number of nitrogens with zero attached hydrogens (tertiary/aromatic N) is 4. The van der Waals surface area contributed by atoms with Gasteiger partial charge in [-0.1, -0.05) is 0 Å². The molecule has 7 nitrogen and oxygen atoms in total. The average molecular weight is 300 g/mol. The first-order chi connectivity index (χ1) is 10.7. The first-order valence-electron chi connectivity index (χ1n) is 7.65. The number of piperidine rings is 1. The van der Waals surface area contributed by atoms with Gasteiger partial charge in [0.05, 0.1) is 5.39 Å². The molecule has 22 heavy (non-hydrogen) atoms. The minimum atomic E-state index is -0.173. The summed E-state index contributed by atoms with van der Waals surface area (Å²) in [7, 11) is 3.84. The lowest BCUT2D eigenvalue weighted by molar-refractivity contribution is 0.130. The number of ether oxygens (including phenoxy) is 1. The molecule has 2 aromatic heterocycles. The van der Waals surface area contributed by atoms with Crippen LogP contribution in [0.1, 0.15) is 24.6 Å². The lowest BCUT2D eigenvalue weighted by Crippen LogP contribution is -2.37. The highest BCUT2D eigenvalue weighted by molar-refractivity contribution is 5.94. The molecule has 2 N–H and O–H groups in total. The maximum atomic E-state index is 5.45. The molecule has 0 aliphatic carbocycles. The van der Waals surface area contributed by atoms with Gasteiger partial charge in [0, 0.05) is 24.9 Å². The largest absolute Gasteiger partial charge is 0.357 e. The molecular formula is C15H20N6O. The van der Waals surface area contributed by atoms with Crippen molar-refractivity contribution in [2.75, 3.05) is 37.9 Å². The Bertz CT molecular complexity index is 698. The Morgan fingerprint density at radius 1 is 1.32 bits per heavy atom. The predicted molar refractivity (Wildman–Crippen MR) is 84.8 cm³/mol. The van der Waals surface area contributed by atoms with Gasteiger partial charge in [0.2, 0.25) is 5.95 Å². The van der Waals surface area contributed by atoms with Crippen LogP contribution in [0.15, 0.2) is 12.3 Å². The molecule has 0 radical (unpaired) electrons. The fraction of sp³-hybridized carbons (Fsp3) is 0.533. The third-order valence-corrected chi connectivity index (χ3v) is 4.47. The molecule has 7 heteroatoms. The van der Waals surface area contributed by atoms with Crippen molar-refractivity contribution in [2.45, 2.75) is 25.1 Å². The first kappa shape index (κ1) is 13.7. The van der Waals surface area contributed by atoms with Crippen LogP contribution >= 0.6 is 0 Å². The normalized spacial score (nSPS) is 22.0. The topological polar surface area (TPSA) is 75.2 Å². The lowest BCUT2D eigenvalue weighted by atomic mass is 10.1. The lowest BCUT2D eigenvalue weighted by Gasteiger charge is -2.29. The monoisotopic (exact) mass is 300 g/mol. The molecule has 0 aromatic carbocycles. The van der Waals surface area contributed by atoms with Crippen molar-refractivity contribution in [3.8, 4) is 0 Å². The van der Waals surface area contributed by atoms with E-state index in [1.807, 2.05) is 6.07 Å². The van der Waals surface area contributed by atoms with Crippen LogP contribution in [0.3, 0.4) is 0 Å². The molecule has 2 aliphatic rings. The van der Waals surface area contributed by atoms with E-state index in [4.69, 9.17) is 4.74 Å². The number of nitrogens with one attached hydrogen (secondary N) is 2. The van der Waals surface area contributed by atoms with Gasteiger partial charge in [-0.3, -0.25) is 0 Å². The number of rotatable bonds is 3. The number of anilines is 2. The maximum Gasteiger partial charge on any atom is 0.226 e. The molecule has 1 fully saturated rings. The Hall–Kier alpha value is -1.99. The van der Waals surface area contributed by atoms with E-state index >= 15 is 0 Å². The Labute approximate surface area is 129 Å². The van der Waals surface area contributed by atoms with E-state index < -0.39 is 0 Å². The summed E-state index contributed by atoms with van der Waals surface area (Å²) in [5, 5.41) is 7.70. The van der Waals surface area contributed by atoms with Gasteiger partial charge in [0.15, 0.2) is 11.9 Å². The molecule has 2 aliphatic heterocycles. The number of methoxy groups -OCH3 is 1. The van der Waals surface area contributed by atoms with Crippen LogP contribution in [0, 0.1) is 0 Å². The number of hydrogen-bond donors (Lipinski definition) is 2. The molecule has 0 spiro atoms. The van der Waals surface area contributed by atoms with Crippen LogP contribution in [0.4, 0.5) is 11.8 Å². The predicted octanol–water partition coefficient (Wildman–Crippen LogP) is 1.60. The summed E-state index contributed by atoms with van der Waals surface area (Å²) < 4.78 is 5.45. The Kier molecular flexibility index (Phi) is 3.31. The van der Waals surface area contributed by atoms with Crippen LogP contribution in [0.2, 0.25) is 0 Å². The highest BCUT2D eigenvalue weighted by Crippen LogP contribution is 2.37. The second-order valence-electron chi connectivity index (χ2n) is 5.98. The van der Waals surface area contributed by atoms with E-state index in [-0.39, 0.29) is 6.23 Å². The second-order valence-corrected chi connectivity index (χ2v) is 5.98. The highest BCUT2D eigenvalue weighted by Gasteiger charge is 2.27. The van der Waals surface area contributed by atoms with Gasteiger partial charge in [0.1, 0.15) is 5.82 Å². The van der Waals surface area contributed by atoms with Crippen molar-refractivity contribution in [3.63, 3.8) is 0 Å². The van der Waals surface area contributed by atoms with Crippen LogP contribution in [0.25, 0.3) is 11.0 Å². The zero-order valence-corrected chi connectivity index (χ0v) is 12.8. The minimum Gasteiger partial charge on any atom is -0.357 e. The van der Waals surface area contributed by atoms with Crippen molar-refractivity contribution in [2.24, 2.45) is 0 Å². The summed E-state index contributed by atoms with van der Waals surface area (Å²) >= 11 is 0. The summed E-state index contributed by atoms with van der Waals surface area (Å²) in [4.78, 5) is 15.9. The third-order valence-electron chi connectivity index (χ3n) is 4.47. The molecule has 1 atom stereocenters. The smallest absolute Gasteiger partial charge is 0.226 e. The van der Waals surface area contributed by atoms with Gasteiger partial charge < -0.3 is 20.3 Å². The van der Waals surface area contributed by atoms with Gasteiger partial charge in [-0.05, 0) is 39.0 Å². The molecule has 1 unspecified atom stereocenters. The molecule has 4 heterocycles. The maximum absolute atomic E-state index is 5.45. The first-order valence-corrected chi connectivity index (χ1v) is 7.65. The Balaban J connectivity index is 1.64. The van der Waals surface area contributed by atoms with E-state index in [0.29, 0.717) is 17.6 Å². The molecule has 0 bridgehead atoms. The molecule has 0 saturated carbocycles. The number of likely N-dealkylation sites (tertiary alicyclic amines) is 1. The molecule has 0 amide bonds. The fourth-order valence-corrected chi connectivity index (χ4v) is 3.19. The standard InChI is InChI=1S/C15H20N6O/c1-21-7-4-9(5-8-21)17-15-19-12-11-10(3-6-16-12)14(22-2)18-13(11)20-15/h3,6,9,14H,4-5,7-8H2,1-2H3,(H2,16,17,18,19,20). The third kappa shape index (κ3) is 2.26. The summed E-state index contributed by atoms with van der Waals surface area (Å²) in [6.07, 6.45) is 3.81. The van der Waals surface area contributed by atoms with Crippen molar-refractivity contribution < 1.29 is 4.74 Å². The quantitative estimate of drug-likeness (QED) is 0.891. The van der Waals surface area contributed by atoms with Crippen LogP contribution in [-0.4, -0.2) is 53.1 Å². The van der Waals surface area contributed by atoms with E-state index in [0.717, 1.165) is 42.7 Å². The number of pyridine rings is 1. The molecule has 116 valence electrons. The van der Waals surface area contributed by atoms with E-state index in [1.165, 1.54) is 0 Å². The SMILES string of the molecule is COC1Nc2nc(NC3CCN(C)CC3)nc3nccc1c23. The summed E-state index contributed by atoms with van der Waals surface area (Å²) in [6.45, 7) is 2.20. The zero-order valence-electron chi connectivity index (χ0n) is 12.8. The zero-order chi connectivity index (χ0) is 15.1. The molecule has 4 rings (SSSR count). The van der Waals surface area contributed by atoms with Gasteiger partial charge >= 0.3 is 0 Å². The van der Waals surface area contributed by atoms with Crippen LogP contribution in [0.5, 0.6) is 0 Å². The van der Waals surface area contributed by atoms with Gasteiger partial charge in [-0.2, -0.15) is 9.97 Å². The van der Waals surface area contributed by atoms with E-state index in [9.17, 15) is 0 Å². The number of hydrogen-bond acceptors (Lipinski definition) is 7. The number of aromatic nitrogens is 3. The van der Waals surface area contributed by atoms with Crippen molar-refractivity contribution in [3.05, 3.63) is 17.8 Å². The summed E-state index contributed by atoms with van der Waals surface area (Å²) in [5.41, 5.74) is 1.76. The Morgan fingerprint density at radius 2 is 2.14 bits per heavy atom. The Morgan fingerprint density at radius 3 is 2.91 bits per heavy atom. The van der Waals surface area contributed by atoms with E-state index in [1.54, 1.807) is 13.3 Å². The molecule has 1 saturated heterocycles. The van der Waals surface area contributed by atoms with Crippen molar-refractivity contribution in [1.29, 1.82) is 0 Å². The van der Waals surface area contributed by atoms with E-state index in [2.05, 4.69) is 37.5 Å². The van der Waals surface area contributed by atoms with Gasteiger partial charge in [-0.25, -0.2) is 4.98 Å². The highest BCUT2D eigenvalue weighted by atomic mass is 16.5. The van der Waals surface area contributed by atoms with Crippen molar-refractivity contribution >= 4 is 22.8 Å². The van der Waals surface area contributed by atoms with Crippen LogP contribution < -0.4 is 10.6 Å².